The zero-order valence-electron chi connectivity index (χ0n) is 84.7. The first kappa shape index (κ1) is 106. The van der Waals surface area contributed by atoms with Crippen LogP contribution in [0.1, 0.15) is 233 Å². The molecule has 5 aliphatic carbocycles. The Bertz CT molecular complexity index is 5310. The van der Waals surface area contributed by atoms with E-state index in [2.05, 4.69) is 304 Å². The van der Waals surface area contributed by atoms with E-state index in [-0.39, 0.29) is 6.10 Å². The van der Waals surface area contributed by atoms with E-state index in [4.69, 9.17) is 23.7 Å². The van der Waals surface area contributed by atoms with Crippen molar-refractivity contribution in [2.24, 2.45) is 59.2 Å². The van der Waals surface area contributed by atoms with Crippen LogP contribution in [0.25, 0.3) is 11.0 Å². The van der Waals surface area contributed by atoms with E-state index in [1.807, 2.05) is 55.1 Å². The number of fused-ring (bicyclic) bond motifs is 1. The fraction of sp³-hybridized carbons (Fsp3) is 0.500. The van der Waals surface area contributed by atoms with Gasteiger partial charge in [0.05, 0.1) is 66.1 Å². The number of hydrogen-bond donors (Lipinski definition) is 3. The number of imidazole rings is 1. The summed E-state index contributed by atoms with van der Waals surface area (Å²) in [6.45, 7) is 35.1. The second-order valence-electron chi connectivity index (χ2n) is 41.3. The summed E-state index contributed by atoms with van der Waals surface area (Å²) in [7, 11) is 2.24. The maximum Gasteiger partial charge on any atom is 0.416 e. The predicted octanol–water partition coefficient (Wildman–Crippen LogP) is 27.9. The number of benzene rings is 8. The molecule has 0 bridgehead atoms. The zero-order valence-corrected chi connectivity index (χ0v) is 84.7. The fourth-order valence-corrected chi connectivity index (χ4v) is 21.3. The smallest absolute Gasteiger partial charge is 0.416 e. The van der Waals surface area contributed by atoms with Crippen LogP contribution in [-0.4, -0.2) is 118 Å². The Morgan fingerprint density at radius 2 is 0.761 bits per heavy atom. The average molecular weight is 1880 g/mol. The number of nitrogens with one attached hydrogen (secondary N) is 3. The first-order valence-electron chi connectivity index (χ1n) is 51.8. The molecule has 5 unspecified atom stereocenters. The molecule has 18 heteroatoms. The molecule has 740 valence electrons. The van der Waals surface area contributed by atoms with Crippen LogP contribution < -0.4 is 34.3 Å². The molecule has 5 aliphatic rings. The number of nitrogens with zero attached hydrogens (tertiary/aromatic N) is 7. The van der Waals surface area contributed by atoms with E-state index < -0.39 is 11.7 Å². The second kappa shape index (κ2) is 56.2. The number of hydrogen-bond acceptors (Lipinski definition) is 14. The summed E-state index contributed by atoms with van der Waals surface area (Å²) in [5.74, 6) is 10.8. The first-order valence-corrected chi connectivity index (χ1v) is 51.8. The zero-order chi connectivity index (χ0) is 97.4. The highest BCUT2D eigenvalue weighted by Gasteiger charge is 2.36. The van der Waals surface area contributed by atoms with E-state index in [1.54, 1.807) is 12.4 Å². The van der Waals surface area contributed by atoms with E-state index in [1.165, 1.54) is 140 Å². The standard InChI is InChI=1S/C25H36N2O.2C24H31N3O.C24H33NO.C23H28F3NO/c1-19(2)27(18-22-11-13-26-14-12-22)17-21(4)23-8-6-10-25(16-23)28-24-9-5-7-20(3)15-24;1-17-5-3-7-21(11-17)28-22-8-4-6-20(13-22)18(2)14-25-15-19-9-10-23-24(12-19)27-16-26-23;1-19-5-3-7-23(15-19)28-24-8-4-6-22(16-24)20(2)17-27(14-11-25)18-21-9-12-26-13-10-21;1-19-9-7-13-23(15-19)26-24-14-8-12-22(16-24)20(2)17-25(3)18-21-10-5-4-6-11-21;1-17(15-27-16-18-7-3-2-4-8-18)19-9-5-11-21(13-19)28-22-12-6-10-20(14-22)23(24,25)26/h5,7,9,11-15,19,21,23,25H,6,8,10,16-18H2,1-4H3;3,5,7,9-12,16,18,20,22,25H,4,6,8,13-15H2,1-2H3,(H,26,27);3,5,7,9-10,12-13,15,20,22,24H,4,6,8,14,16-18H2,1-2H3;4-7,9-11,13,15,20,22,24H,8,12,14,16-18H2,1-3H3;2-4,6-8,10,12,14,17,19,21,27H,5,9,11,13,15-16H2,1H3/t21?,23-,25+;18?,20-,22+;2*20?,22-,24+;17?,19-,21+/m00000/s1. The fourth-order valence-electron chi connectivity index (χ4n) is 21.3. The molecule has 138 heavy (non-hydrogen) atoms. The number of pyridine rings is 2. The van der Waals surface area contributed by atoms with Gasteiger partial charge in [-0.1, -0.05) is 156 Å². The van der Waals surface area contributed by atoms with E-state index in [9.17, 15) is 18.4 Å². The second-order valence-corrected chi connectivity index (χ2v) is 41.3. The molecular formula is C120H159F3N10O5. The van der Waals surface area contributed by atoms with Crippen molar-refractivity contribution in [2.45, 2.75) is 280 Å². The lowest BCUT2D eigenvalue weighted by molar-refractivity contribution is -0.137. The first-order chi connectivity index (χ1) is 66.8. The normalized spacial score (nSPS) is 21.1. The van der Waals surface area contributed by atoms with Crippen molar-refractivity contribution in [3.8, 4) is 34.8 Å². The van der Waals surface area contributed by atoms with Gasteiger partial charge in [-0.25, -0.2) is 4.98 Å². The highest BCUT2D eigenvalue weighted by molar-refractivity contribution is 5.75. The Kier molecular flexibility index (Phi) is 43.3. The van der Waals surface area contributed by atoms with E-state index >= 15 is 0 Å². The van der Waals surface area contributed by atoms with Gasteiger partial charge in [0.15, 0.2) is 0 Å². The molecule has 0 aliphatic heterocycles. The van der Waals surface area contributed by atoms with Crippen LogP contribution in [0.4, 0.5) is 13.2 Å². The minimum atomic E-state index is -4.34. The van der Waals surface area contributed by atoms with Crippen molar-refractivity contribution >= 4 is 11.0 Å². The number of H-pyrrole nitrogens is 1. The summed E-state index contributed by atoms with van der Waals surface area (Å²) in [5, 5.41) is 16.4. The average Bonchev–Trinajstić information content (AvgIpc) is 1.25. The van der Waals surface area contributed by atoms with Crippen LogP contribution >= 0.6 is 0 Å². The minimum absolute atomic E-state index is 0.0150. The van der Waals surface area contributed by atoms with Gasteiger partial charge in [0.2, 0.25) is 0 Å². The van der Waals surface area contributed by atoms with Gasteiger partial charge in [0.1, 0.15) is 28.7 Å². The topological polar surface area (TPSA) is 158 Å². The molecule has 3 N–H and O–H groups in total. The van der Waals surface area contributed by atoms with Crippen molar-refractivity contribution < 1.29 is 36.9 Å². The summed E-state index contributed by atoms with van der Waals surface area (Å²) in [6, 6.07) is 77.6. The van der Waals surface area contributed by atoms with Crippen molar-refractivity contribution in [1.82, 2.24) is 45.3 Å². The molecule has 0 radical (unpaired) electrons. The molecule has 15 atom stereocenters. The Morgan fingerprint density at radius 1 is 0.391 bits per heavy atom. The summed E-state index contributed by atoms with van der Waals surface area (Å²) >= 11 is 0. The van der Waals surface area contributed by atoms with Crippen LogP contribution in [0, 0.1) is 98.2 Å². The highest BCUT2D eigenvalue weighted by atomic mass is 19.4. The number of aryl methyl sites for hydroxylation is 4. The summed E-state index contributed by atoms with van der Waals surface area (Å²) in [6.07, 6.45) is 29.8. The Hall–Kier alpha value is -10.4. The molecule has 0 spiro atoms. The third-order valence-corrected chi connectivity index (χ3v) is 29.2. The van der Waals surface area contributed by atoms with Gasteiger partial charge in [-0.3, -0.25) is 19.8 Å². The monoisotopic (exact) mass is 1880 g/mol. The van der Waals surface area contributed by atoms with Crippen molar-refractivity contribution in [3.63, 3.8) is 0 Å². The van der Waals surface area contributed by atoms with Gasteiger partial charge in [-0.2, -0.15) is 18.4 Å². The Morgan fingerprint density at radius 3 is 1.17 bits per heavy atom. The molecule has 11 aromatic rings. The van der Waals surface area contributed by atoms with Gasteiger partial charge in [-0.15, -0.1) is 0 Å². The number of ether oxygens (including phenoxy) is 5. The SMILES string of the molecule is CC(CNCc1ccccc1)[C@H]1CCC[C@@H](Oc2cccc(C(F)(F)F)c2)C1.Cc1cccc(O[C@@H]2CCC[C@H](C(C)CN(C)Cc3ccccc3)C2)c1.Cc1cccc(O[C@@H]2CCC[C@H](C(C)CN(CC#N)Cc3ccncc3)C2)c1.Cc1cccc(O[C@@H]2CCC[C@H](C(C)CN(Cc3ccncc3)C(C)C)C2)c1.Cc1cccc(O[C@@H]2CCC[C@H](C(C)CNCc3ccc4nc[nH]c4c3)C2)c1. The number of aromatic amines is 1. The number of halogens is 3. The lowest BCUT2D eigenvalue weighted by atomic mass is 9.79. The van der Waals surface area contributed by atoms with Crippen molar-refractivity contribution in [3.05, 3.63) is 311 Å². The molecule has 5 saturated carbocycles. The van der Waals surface area contributed by atoms with Crippen molar-refractivity contribution in [1.29, 1.82) is 5.26 Å². The van der Waals surface area contributed by atoms with Crippen LogP contribution in [0.3, 0.4) is 0 Å². The molecule has 0 saturated heterocycles. The minimum Gasteiger partial charge on any atom is -0.490 e. The molecule has 3 heterocycles. The third-order valence-electron chi connectivity index (χ3n) is 29.2. The highest BCUT2D eigenvalue weighted by Crippen LogP contribution is 2.41. The van der Waals surface area contributed by atoms with Gasteiger partial charge in [0.25, 0.3) is 0 Å². The van der Waals surface area contributed by atoms with Crippen LogP contribution in [0.2, 0.25) is 0 Å². The third kappa shape index (κ3) is 37.0. The van der Waals surface area contributed by atoms with E-state index in [0.29, 0.717) is 84.2 Å². The van der Waals surface area contributed by atoms with Gasteiger partial charge < -0.3 is 44.2 Å². The van der Waals surface area contributed by atoms with Gasteiger partial charge in [0, 0.05) is 83.2 Å². The molecule has 0 amide bonds. The maximum absolute atomic E-state index is 12.9. The quantitative estimate of drug-likeness (QED) is 0.0316. The predicted molar refractivity (Wildman–Crippen MR) is 557 cm³/mol. The van der Waals surface area contributed by atoms with Crippen LogP contribution in [-0.2, 0) is 38.9 Å². The van der Waals surface area contributed by atoms with Gasteiger partial charge in [-0.05, 0) is 402 Å². The Labute approximate surface area is 825 Å². The van der Waals surface area contributed by atoms with Crippen LogP contribution in [0.15, 0.2) is 256 Å². The molecule has 3 aromatic heterocycles. The summed E-state index contributed by atoms with van der Waals surface area (Å²) < 4.78 is 69.8. The number of rotatable bonds is 37. The lowest BCUT2D eigenvalue weighted by Gasteiger charge is -2.37. The molecule has 16 rings (SSSR count). The molecule has 8 aromatic carbocycles. The van der Waals surface area contributed by atoms with E-state index in [0.717, 1.165) is 174 Å². The maximum atomic E-state index is 12.9. The number of nitriles is 1. The van der Waals surface area contributed by atoms with Crippen molar-refractivity contribution in [2.75, 3.05) is 46.3 Å². The van der Waals surface area contributed by atoms with Crippen LogP contribution in [0.5, 0.6) is 28.7 Å². The largest absolute Gasteiger partial charge is 0.490 e. The summed E-state index contributed by atoms with van der Waals surface area (Å²) in [4.78, 5) is 23.0. The molecular weight excluding hydrogens is 1720 g/mol. The Balaban J connectivity index is 0.000000155. The number of alkyl halides is 3. The molecule has 15 nitrogen and oxygen atoms in total. The van der Waals surface area contributed by atoms with Gasteiger partial charge >= 0.3 is 6.18 Å². The molecule has 5 fully saturated rings. The number of aromatic nitrogens is 4. The summed E-state index contributed by atoms with van der Waals surface area (Å²) in [5.41, 5.74) is 13.0. The lowest BCUT2D eigenvalue weighted by Crippen LogP contribution is -2.38.